The van der Waals surface area contributed by atoms with E-state index in [-0.39, 0.29) is 11.9 Å². The van der Waals surface area contributed by atoms with Gasteiger partial charge in [0, 0.05) is 31.3 Å². The summed E-state index contributed by atoms with van der Waals surface area (Å²) in [6.45, 7) is 5.03. The SMILES string of the molecule is CCOCCN(C)CC(NC)c1ccccc1F. The molecule has 1 rings (SSSR count). The second-order valence-corrected chi connectivity index (χ2v) is 4.32. The number of nitrogens with zero attached hydrogens (tertiary/aromatic N) is 1. The molecule has 0 aromatic heterocycles. The van der Waals surface area contributed by atoms with Crippen molar-refractivity contribution in [2.45, 2.75) is 13.0 Å². The number of ether oxygens (including phenoxy) is 1. The van der Waals surface area contributed by atoms with E-state index in [1.54, 1.807) is 6.07 Å². The summed E-state index contributed by atoms with van der Waals surface area (Å²) in [7, 11) is 3.87. The number of rotatable bonds is 8. The Balaban J connectivity index is 2.54. The summed E-state index contributed by atoms with van der Waals surface area (Å²) in [5, 5.41) is 3.16. The lowest BCUT2D eigenvalue weighted by molar-refractivity contribution is 0.119. The van der Waals surface area contributed by atoms with Crippen LogP contribution in [0.2, 0.25) is 0 Å². The first-order valence-electron chi connectivity index (χ1n) is 6.37. The molecular formula is C14H23FN2O. The van der Waals surface area contributed by atoms with Crippen LogP contribution in [0.3, 0.4) is 0 Å². The van der Waals surface area contributed by atoms with Crippen LogP contribution >= 0.6 is 0 Å². The van der Waals surface area contributed by atoms with Crippen molar-refractivity contribution >= 4 is 0 Å². The Bertz CT molecular complexity index is 346. The second-order valence-electron chi connectivity index (χ2n) is 4.32. The summed E-state index contributed by atoms with van der Waals surface area (Å²) in [4.78, 5) is 2.14. The first kappa shape index (κ1) is 15.1. The number of nitrogens with one attached hydrogen (secondary N) is 1. The van der Waals surface area contributed by atoms with Crippen LogP contribution in [0.4, 0.5) is 4.39 Å². The highest BCUT2D eigenvalue weighted by molar-refractivity contribution is 5.21. The monoisotopic (exact) mass is 254 g/mol. The lowest BCUT2D eigenvalue weighted by atomic mass is 10.1. The summed E-state index contributed by atoms with van der Waals surface area (Å²) >= 11 is 0. The van der Waals surface area contributed by atoms with Crippen molar-refractivity contribution in [3.05, 3.63) is 35.6 Å². The minimum atomic E-state index is -0.157. The predicted molar refractivity (Wildman–Crippen MR) is 72.2 cm³/mol. The van der Waals surface area contributed by atoms with Crippen molar-refractivity contribution in [2.75, 3.05) is 40.4 Å². The first-order valence-corrected chi connectivity index (χ1v) is 6.37. The molecule has 0 radical (unpaired) electrons. The van der Waals surface area contributed by atoms with Crippen molar-refractivity contribution in [3.8, 4) is 0 Å². The molecule has 0 heterocycles. The summed E-state index contributed by atoms with van der Waals surface area (Å²) in [6.07, 6.45) is 0. The molecule has 18 heavy (non-hydrogen) atoms. The third kappa shape index (κ3) is 4.72. The predicted octanol–water partition coefficient (Wildman–Crippen LogP) is 2.05. The minimum Gasteiger partial charge on any atom is -0.380 e. The van der Waals surface area contributed by atoms with Gasteiger partial charge >= 0.3 is 0 Å². The third-order valence-electron chi connectivity index (χ3n) is 2.94. The highest BCUT2D eigenvalue weighted by Gasteiger charge is 2.15. The van der Waals surface area contributed by atoms with Crippen molar-refractivity contribution < 1.29 is 9.13 Å². The number of hydrogen-bond donors (Lipinski definition) is 1. The lowest BCUT2D eigenvalue weighted by Crippen LogP contribution is -2.33. The zero-order chi connectivity index (χ0) is 13.4. The summed E-state index contributed by atoms with van der Waals surface area (Å²) in [6, 6.07) is 6.90. The van der Waals surface area contributed by atoms with E-state index in [9.17, 15) is 4.39 Å². The van der Waals surface area contributed by atoms with Crippen molar-refractivity contribution in [1.82, 2.24) is 10.2 Å². The largest absolute Gasteiger partial charge is 0.380 e. The summed E-state index contributed by atoms with van der Waals surface area (Å²) in [5.74, 6) is -0.157. The molecule has 0 saturated heterocycles. The molecule has 1 aromatic carbocycles. The third-order valence-corrected chi connectivity index (χ3v) is 2.94. The lowest BCUT2D eigenvalue weighted by Gasteiger charge is -2.24. The molecule has 0 aliphatic rings. The Hall–Kier alpha value is -0.970. The van der Waals surface area contributed by atoms with E-state index in [1.807, 2.05) is 33.2 Å². The Kier molecular flexibility index (Phi) is 6.86. The Morgan fingerprint density at radius 1 is 1.39 bits per heavy atom. The van der Waals surface area contributed by atoms with E-state index >= 15 is 0 Å². The molecule has 1 aromatic rings. The molecule has 0 saturated carbocycles. The van der Waals surface area contributed by atoms with Gasteiger partial charge < -0.3 is 15.0 Å². The fraction of sp³-hybridized carbons (Fsp3) is 0.571. The van der Waals surface area contributed by atoms with E-state index in [4.69, 9.17) is 4.74 Å². The van der Waals surface area contributed by atoms with Crippen LogP contribution in [0, 0.1) is 5.82 Å². The van der Waals surface area contributed by atoms with Crippen LogP contribution < -0.4 is 5.32 Å². The van der Waals surface area contributed by atoms with Crippen LogP contribution in [0.5, 0.6) is 0 Å². The van der Waals surface area contributed by atoms with Gasteiger partial charge in [0.15, 0.2) is 0 Å². The van der Waals surface area contributed by atoms with Gasteiger partial charge in [0.1, 0.15) is 5.82 Å². The van der Waals surface area contributed by atoms with Crippen LogP contribution in [0.1, 0.15) is 18.5 Å². The van der Waals surface area contributed by atoms with Gasteiger partial charge in [0.25, 0.3) is 0 Å². The average Bonchev–Trinajstić information content (AvgIpc) is 2.37. The zero-order valence-corrected chi connectivity index (χ0v) is 11.4. The van der Waals surface area contributed by atoms with Crippen LogP contribution in [0.25, 0.3) is 0 Å². The van der Waals surface area contributed by atoms with Gasteiger partial charge in [0.2, 0.25) is 0 Å². The average molecular weight is 254 g/mol. The molecule has 0 fully saturated rings. The number of halogens is 1. The standard InChI is InChI=1S/C14H23FN2O/c1-4-18-10-9-17(3)11-14(16-2)12-7-5-6-8-13(12)15/h5-8,14,16H,4,9-11H2,1-3H3. The van der Waals surface area contributed by atoms with E-state index in [0.717, 1.165) is 19.7 Å². The molecule has 1 N–H and O–H groups in total. The maximum absolute atomic E-state index is 13.7. The minimum absolute atomic E-state index is 0.00201. The molecule has 0 bridgehead atoms. The normalized spacial score (nSPS) is 12.9. The highest BCUT2D eigenvalue weighted by Crippen LogP contribution is 2.17. The van der Waals surface area contributed by atoms with Gasteiger partial charge in [-0.2, -0.15) is 0 Å². The first-order chi connectivity index (χ1) is 8.69. The summed E-state index contributed by atoms with van der Waals surface area (Å²) in [5.41, 5.74) is 0.711. The fourth-order valence-corrected chi connectivity index (χ4v) is 1.87. The molecule has 0 aliphatic carbocycles. The molecular weight excluding hydrogens is 231 g/mol. The van der Waals surface area contributed by atoms with Gasteiger partial charge in [-0.05, 0) is 27.1 Å². The molecule has 0 spiro atoms. The van der Waals surface area contributed by atoms with Crippen LogP contribution in [-0.2, 0) is 4.74 Å². The van der Waals surface area contributed by atoms with Gasteiger partial charge in [0.05, 0.1) is 6.61 Å². The Morgan fingerprint density at radius 3 is 2.72 bits per heavy atom. The van der Waals surface area contributed by atoms with Gasteiger partial charge in [-0.1, -0.05) is 18.2 Å². The van der Waals surface area contributed by atoms with Gasteiger partial charge in [-0.25, -0.2) is 4.39 Å². The molecule has 102 valence electrons. The number of likely N-dealkylation sites (N-methyl/N-ethyl adjacent to an activating group) is 2. The quantitative estimate of drug-likeness (QED) is 0.719. The van der Waals surface area contributed by atoms with Crippen molar-refractivity contribution in [1.29, 1.82) is 0 Å². The van der Waals surface area contributed by atoms with Gasteiger partial charge in [-0.3, -0.25) is 0 Å². The zero-order valence-electron chi connectivity index (χ0n) is 11.4. The van der Waals surface area contributed by atoms with E-state index in [0.29, 0.717) is 12.2 Å². The topological polar surface area (TPSA) is 24.5 Å². The molecule has 0 aliphatic heterocycles. The molecule has 3 nitrogen and oxygen atoms in total. The van der Waals surface area contributed by atoms with Crippen LogP contribution in [0.15, 0.2) is 24.3 Å². The Morgan fingerprint density at radius 2 is 2.11 bits per heavy atom. The van der Waals surface area contributed by atoms with E-state index in [1.165, 1.54) is 6.07 Å². The molecule has 4 heteroatoms. The number of benzene rings is 1. The molecule has 0 amide bonds. The van der Waals surface area contributed by atoms with Crippen molar-refractivity contribution in [2.24, 2.45) is 0 Å². The van der Waals surface area contributed by atoms with E-state index < -0.39 is 0 Å². The van der Waals surface area contributed by atoms with E-state index in [2.05, 4.69) is 10.2 Å². The maximum atomic E-state index is 13.7. The Labute approximate surface area is 109 Å². The van der Waals surface area contributed by atoms with Gasteiger partial charge in [-0.15, -0.1) is 0 Å². The number of hydrogen-bond acceptors (Lipinski definition) is 3. The summed E-state index contributed by atoms with van der Waals surface area (Å²) < 4.78 is 19.0. The van der Waals surface area contributed by atoms with Crippen molar-refractivity contribution in [3.63, 3.8) is 0 Å². The fourth-order valence-electron chi connectivity index (χ4n) is 1.87. The highest BCUT2D eigenvalue weighted by atomic mass is 19.1. The molecule has 1 atom stereocenters. The maximum Gasteiger partial charge on any atom is 0.128 e. The smallest absolute Gasteiger partial charge is 0.128 e. The second kappa shape index (κ2) is 8.19. The van der Waals surface area contributed by atoms with Crippen LogP contribution in [-0.4, -0.2) is 45.3 Å². The molecule has 1 unspecified atom stereocenters.